The van der Waals surface area contributed by atoms with Crippen molar-refractivity contribution in [3.05, 3.63) is 64.7 Å². The van der Waals surface area contributed by atoms with Crippen LogP contribution in [-0.4, -0.2) is 24.5 Å². The number of amides is 1. The average Bonchev–Trinajstić information content (AvgIpc) is 3.17. The zero-order valence-electron chi connectivity index (χ0n) is 17.0. The fourth-order valence-electron chi connectivity index (χ4n) is 3.81. The molecule has 1 aromatic heterocycles. The van der Waals surface area contributed by atoms with E-state index >= 15 is 0 Å². The molecule has 6 heteroatoms. The molecule has 5 nitrogen and oxygen atoms in total. The summed E-state index contributed by atoms with van der Waals surface area (Å²) in [5, 5.41) is 2.75. The molecule has 150 valence electrons. The number of para-hydroxylation sites is 1. The van der Waals surface area contributed by atoms with E-state index in [1.54, 1.807) is 18.9 Å². The normalized spacial score (nSPS) is 13.1. The molecule has 0 unspecified atom stereocenters. The van der Waals surface area contributed by atoms with E-state index in [0.717, 1.165) is 47.8 Å². The van der Waals surface area contributed by atoms with E-state index in [1.165, 1.54) is 16.9 Å². The van der Waals surface area contributed by atoms with Crippen LogP contribution >= 0.6 is 11.3 Å². The van der Waals surface area contributed by atoms with E-state index in [1.807, 2.05) is 42.6 Å². The van der Waals surface area contributed by atoms with Crippen molar-refractivity contribution in [1.29, 1.82) is 0 Å². The Kier molecular flexibility index (Phi) is 5.53. The largest absolute Gasteiger partial charge is 0.495 e. The molecule has 0 atom stereocenters. The van der Waals surface area contributed by atoms with E-state index < -0.39 is 0 Å². The first-order valence-corrected chi connectivity index (χ1v) is 10.7. The first-order valence-electron chi connectivity index (χ1n) is 9.79. The van der Waals surface area contributed by atoms with Crippen LogP contribution in [-0.2, 0) is 17.8 Å². The number of hydrogen-bond acceptors (Lipinski definition) is 5. The molecule has 0 aliphatic carbocycles. The van der Waals surface area contributed by atoms with Crippen molar-refractivity contribution in [3.63, 3.8) is 0 Å². The standard InChI is InChI=1S/C23H25N3O2S/c1-16-9-11-20(12-10-16)26(17(2)27)23-24-19(15-29-23)14-25-13-5-7-18-6-4-8-21(28-3)22(18)25/h4,6,8-12,15H,5,7,13-14H2,1-3H3. The number of ether oxygens (including phenoxy) is 1. The molecule has 3 aromatic rings. The van der Waals surface area contributed by atoms with E-state index in [9.17, 15) is 4.79 Å². The second-order valence-corrected chi connectivity index (χ2v) is 8.14. The Bertz CT molecular complexity index is 999. The lowest BCUT2D eigenvalue weighted by atomic mass is 10.0. The molecule has 1 amide bonds. The summed E-state index contributed by atoms with van der Waals surface area (Å²) in [5.74, 6) is 0.863. The summed E-state index contributed by atoms with van der Waals surface area (Å²) in [6, 6.07) is 14.2. The molecule has 2 aromatic carbocycles. The zero-order chi connectivity index (χ0) is 20.4. The Morgan fingerprint density at radius 1 is 1.24 bits per heavy atom. The molecule has 2 heterocycles. The lowest BCUT2D eigenvalue weighted by Crippen LogP contribution is -2.29. The number of aryl methyl sites for hydroxylation is 2. The van der Waals surface area contributed by atoms with Crippen LogP contribution < -0.4 is 14.5 Å². The second-order valence-electron chi connectivity index (χ2n) is 7.30. The number of aromatic nitrogens is 1. The minimum absolute atomic E-state index is 0.0419. The Morgan fingerprint density at radius 3 is 2.76 bits per heavy atom. The highest BCUT2D eigenvalue weighted by molar-refractivity contribution is 7.14. The summed E-state index contributed by atoms with van der Waals surface area (Å²) in [6.45, 7) is 5.28. The van der Waals surface area contributed by atoms with E-state index in [0.29, 0.717) is 11.7 Å². The molecule has 0 saturated heterocycles. The molecular weight excluding hydrogens is 382 g/mol. The third kappa shape index (κ3) is 3.98. The number of thiazole rings is 1. The minimum atomic E-state index is -0.0419. The van der Waals surface area contributed by atoms with Gasteiger partial charge in [-0.15, -0.1) is 11.3 Å². The van der Waals surface area contributed by atoms with Crippen LogP contribution in [0.2, 0.25) is 0 Å². The van der Waals surface area contributed by atoms with Crippen LogP contribution in [0.3, 0.4) is 0 Å². The molecule has 0 bridgehead atoms. The predicted molar refractivity (Wildman–Crippen MR) is 118 cm³/mol. The van der Waals surface area contributed by atoms with Crippen molar-refractivity contribution in [1.82, 2.24) is 4.98 Å². The fraction of sp³-hybridized carbons (Fsp3) is 0.304. The topological polar surface area (TPSA) is 45.7 Å². The molecule has 0 spiro atoms. The van der Waals surface area contributed by atoms with Gasteiger partial charge in [0.05, 0.1) is 30.7 Å². The molecule has 1 aliphatic rings. The molecule has 0 fully saturated rings. The highest BCUT2D eigenvalue weighted by Gasteiger charge is 2.23. The predicted octanol–water partition coefficient (Wildman–Crippen LogP) is 5.10. The molecule has 0 saturated carbocycles. The van der Waals surface area contributed by atoms with Crippen LogP contribution in [0, 0.1) is 6.92 Å². The molecule has 29 heavy (non-hydrogen) atoms. The van der Waals surface area contributed by atoms with Crippen LogP contribution in [0.25, 0.3) is 0 Å². The maximum absolute atomic E-state index is 12.3. The van der Waals surface area contributed by atoms with Crippen LogP contribution in [0.5, 0.6) is 5.75 Å². The monoisotopic (exact) mass is 407 g/mol. The van der Waals surface area contributed by atoms with Gasteiger partial charge in [0.25, 0.3) is 0 Å². The van der Waals surface area contributed by atoms with E-state index in [-0.39, 0.29) is 5.91 Å². The highest BCUT2D eigenvalue weighted by atomic mass is 32.1. The maximum Gasteiger partial charge on any atom is 0.230 e. The van der Waals surface area contributed by atoms with Gasteiger partial charge in [0, 0.05) is 18.8 Å². The Hall–Kier alpha value is -2.86. The molecular formula is C23H25N3O2S. The number of anilines is 3. The summed E-state index contributed by atoms with van der Waals surface area (Å²) in [5.41, 5.74) is 5.44. The Balaban J connectivity index is 1.60. The fourth-order valence-corrected chi connectivity index (χ4v) is 4.69. The number of carbonyl (C=O) groups is 1. The van der Waals surface area contributed by atoms with Gasteiger partial charge in [-0.3, -0.25) is 9.69 Å². The summed E-state index contributed by atoms with van der Waals surface area (Å²) >= 11 is 1.50. The Labute approximate surface area is 175 Å². The van der Waals surface area contributed by atoms with Gasteiger partial charge in [-0.25, -0.2) is 4.98 Å². The summed E-state index contributed by atoms with van der Waals surface area (Å²) in [7, 11) is 1.72. The van der Waals surface area contributed by atoms with Gasteiger partial charge >= 0.3 is 0 Å². The minimum Gasteiger partial charge on any atom is -0.495 e. The molecule has 4 rings (SSSR count). The van der Waals surface area contributed by atoms with Crippen molar-refractivity contribution < 1.29 is 9.53 Å². The van der Waals surface area contributed by atoms with Crippen LogP contribution in [0.1, 0.15) is 30.2 Å². The second kappa shape index (κ2) is 8.25. The van der Waals surface area contributed by atoms with Gasteiger partial charge in [-0.05, 0) is 43.5 Å². The lowest BCUT2D eigenvalue weighted by molar-refractivity contribution is -0.115. The maximum atomic E-state index is 12.3. The average molecular weight is 408 g/mol. The number of fused-ring (bicyclic) bond motifs is 1. The van der Waals surface area contributed by atoms with Gasteiger partial charge in [-0.2, -0.15) is 0 Å². The van der Waals surface area contributed by atoms with Crippen molar-refractivity contribution in [2.75, 3.05) is 23.5 Å². The van der Waals surface area contributed by atoms with E-state index in [4.69, 9.17) is 9.72 Å². The first kappa shape index (κ1) is 19.5. The van der Waals surface area contributed by atoms with Gasteiger partial charge in [0.2, 0.25) is 5.91 Å². The van der Waals surface area contributed by atoms with Gasteiger partial charge in [-0.1, -0.05) is 29.8 Å². The van der Waals surface area contributed by atoms with E-state index in [2.05, 4.69) is 17.0 Å². The van der Waals surface area contributed by atoms with Crippen LogP contribution in [0.4, 0.5) is 16.5 Å². The van der Waals surface area contributed by atoms with Crippen molar-refractivity contribution in [2.24, 2.45) is 0 Å². The van der Waals surface area contributed by atoms with Gasteiger partial charge in [0.15, 0.2) is 5.13 Å². The number of nitrogens with zero attached hydrogens (tertiary/aromatic N) is 3. The SMILES string of the molecule is COc1cccc2c1N(Cc1csc(N(C(C)=O)c3ccc(C)cc3)n1)CCC2. The molecule has 1 aliphatic heterocycles. The number of benzene rings is 2. The van der Waals surface area contributed by atoms with Crippen LogP contribution in [0.15, 0.2) is 47.8 Å². The van der Waals surface area contributed by atoms with Crippen molar-refractivity contribution >= 4 is 33.8 Å². The van der Waals surface area contributed by atoms with Gasteiger partial charge < -0.3 is 9.64 Å². The third-order valence-electron chi connectivity index (χ3n) is 5.18. The zero-order valence-corrected chi connectivity index (χ0v) is 17.8. The van der Waals surface area contributed by atoms with Crippen molar-refractivity contribution in [3.8, 4) is 5.75 Å². The third-order valence-corrected chi connectivity index (χ3v) is 6.06. The number of methoxy groups -OCH3 is 1. The summed E-state index contributed by atoms with van der Waals surface area (Å²) in [4.78, 5) is 21.1. The van der Waals surface area contributed by atoms with Gasteiger partial charge in [0.1, 0.15) is 5.75 Å². The number of rotatable bonds is 5. The molecule has 0 radical (unpaired) electrons. The highest BCUT2D eigenvalue weighted by Crippen LogP contribution is 2.37. The quantitative estimate of drug-likeness (QED) is 0.590. The number of hydrogen-bond donors (Lipinski definition) is 0. The number of carbonyl (C=O) groups excluding carboxylic acids is 1. The lowest BCUT2D eigenvalue weighted by Gasteiger charge is -2.32. The first-order chi connectivity index (χ1) is 14.1. The smallest absolute Gasteiger partial charge is 0.230 e. The Morgan fingerprint density at radius 2 is 2.03 bits per heavy atom. The molecule has 0 N–H and O–H groups in total. The van der Waals surface area contributed by atoms with Crippen molar-refractivity contribution in [2.45, 2.75) is 33.2 Å². The summed E-state index contributed by atoms with van der Waals surface area (Å²) in [6.07, 6.45) is 2.18. The summed E-state index contributed by atoms with van der Waals surface area (Å²) < 4.78 is 5.61.